The lowest BCUT2D eigenvalue weighted by Crippen LogP contribution is -2.21. The van der Waals surface area contributed by atoms with Gasteiger partial charge in [0.15, 0.2) is 0 Å². The maximum Gasteiger partial charge on any atom is 0.258 e. The standard InChI is InChI=1S/C17H24N4OS/c1-17(2,23)16-20-11-14(15(22)21-16)13-6-4-12(5-7-13)10-19-9-3-8-18/h4-7,11,19,23H,3,8-10,18H2,1-2H3,(H,20,21,22). The van der Waals surface area contributed by atoms with Crippen LogP contribution in [0.25, 0.3) is 11.1 Å². The molecular weight excluding hydrogens is 308 g/mol. The summed E-state index contributed by atoms with van der Waals surface area (Å²) in [5, 5.41) is 3.33. The van der Waals surface area contributed by atoms with E-state index in [1.807, 2.05) is 38.1 Å². The Labute approximate surface area is 142 Å². The summed E-state index contributed by atoms with van der Waals surface area (Å²) in [6, 6.07) is 7.91. The van der Waals surface area contributed by atoms with E-state index < -0.39 is 4.75 Å². The Bertz CT molecular complexity index is 689. The van der Waals surface area contributed by atoms with Crippen molar-refractivity contribution in [2.45, 2.75) is 31.6 Å². The average molecular weight is 332 g/mol. The Morgan fingerprint density at radius 1 is 1.30 bits per heavy atom. The van der Waals surface area contributed by atoms with Gasteiger partial charge in [0.25, 0.3) is 5.56 Å². The molecule has 1 aromatic carbocycles. The molecule has 0 atom stereocenters. The molecule has 4 N–H and O–H groups in total. The summed E-state index contributed by atoms with van der Waals surface area (Å²) in [5.41, 5.74) is 7.90. The smallest absolute Gasteiger partial charge is 0.258 e. The predicted molar refractivity (Wildman–Crippen MR) is 97.7 cm³/mol. The molecule has 0 saturated heterocycles. The number of nitrogens with one attached hydrogen (secondary N) is 2. The van der Waals surface area contributed by atoms with E-state index >= 15 is 0 Å². The maximum atomic E-state index is 12.3. The van der Waals surface area contributed by atoms with Crippen LogP contribution in [-0.4, -0.2) is 23.1 Å². The summed E-state index contributed by atoms with van der Waals surface area (Å²) in [6.07, 6.45) is 2.58. The number of nitrogens with zero attached hydrogens (tertiary/aromatic N) is 1. The van der Waals surface area contributed by atoms with Gasteiger partial charge in [-0.2, -0.15) is 12.6 Å². The third-order valence-electron chi connectivity index (χ3n) is 3.53. The number of hydrogen-bond donors (Lipinski definition) is 4. The van der Waals surface area contributed by atoms with E-state index in [2.05, 4.69) is 27.9 Å². The topological polar surface area (TPSA) is 83.8 Å². The van der Waals surface area contributed by atoms with E-state index in [9.17, 15) is 4.79 Å². The minimum absolute atomic E-state index is 0.147. The Morgan fingerprint density at radius 3 is 2.57 bits per heavy atom. The van der Waals surface area contributed by atoms with Gasteiger partial charge >= 0.3 is 0 Å². The molecule has 0 aliphatic heterocycles. The van der Waals surface area contributed by atoms with Gasteiger partial charge in [0, 0.05) is 12.7 Å². The summed E-state index contributed by atoms with van der Waals surface area (Å²) < 4.78 is -0.475. The molecule has 0 bridgehead atoms. The molecule has 0 amide bonds. The summed E-state index contributed by atoms with van der Waals surface area (Å²) in [5.74, 6) is 0.565. The van der Waals surface area contributed by atoms with Crippen LogP contribution in [0.1, 0.15) is 31.7 Å². The molecular formula is C17H24N4OS. The first kappa shape index (κ1) is 17.7. The van der Waals surface area contributed by atoms with Crippen LogP contribution >= 0.6 is 12.6 Å². The third kappa shape index (κ3) is 4.92. The van der Waals surface area contributed by atoms with Gasteiger partial charge in [0.2, 0.25) is 0 Å². The lowest BCUT2D eigenvalue weighted by Gasteiger charge is -2.16. The normalized spacial score (nSPS) is 11.7. The van der Waals surface area contributed by atoms with Gasteiger partial charge in [0.1, 0.15) is 5.82 Å². The first-order chi connectivity index (χ1) is 10.9. The molecule has 2 aromatic rings. The van der Waals surface area contributed by atoms with Gasteiger partial charge in [-0.25, -0.2) is 4.98 Å². The van der Waals surface area contributed by atoms with Crippen LogP contribution in [0.4, 0.5) is 0 Å². The fourth-order valence-corrected chi connectivity index (χ4v) is 2.29. The lowest BCUT2D eigenvalue weighted by atomic mass is 10.1. The van der Waals surface area contributed by atoms with Crippen molar-refractivity contribution in [2.75, 3.05) is 13.1 Å². The molecule has 124 valence electrons. The van der Waals surface area contributed by atoms with Crippen LogP contribution in [0.5, 0.6) is 0 Å². The van der Waals surface area contributed by atoms with Crippen LogP contribution < -0.4 is 16.6 Å². The van der Waals surface area contributed by atoms with Crippen LogP contribution in [0.3, 0.4) is 0 Å². The number of nitrogens with two attached hydrogens (primary N) is 1. The number of aromatic amines is 1. The Kier molecular flexibility index (Phi) is 5.98. The molecule has 6 heteroatoms. The predicted octanol–water partition coefficient (Wildman–Crippen LogP) is 2.04. The molecule has 0 unspecified atom stereocenters. The molecule has 5 nitrogen and oxygen atoms in total. The van der Waals surface area contributed by atoms with E-state index in [-0.39, 0.29) is 5.56 Å². The van der Waals surface area contributed by atoms with Crippen molar-refractivity contribution in [1.82, 2.24) is 15.3 Å². The second-order valence-electron chi connectivity index (χ2n) is 6.05. The zero-order valence-corrected chi connectivity index (χ0v) is 14.5. The number of rotatable bonds is 7. The average Bonchev–Trinajstić information content (AvgIpc) is 2.51. The summed E-state index contributed by atoms with van der Waals surface area (Å²) >= 11 is 4.43. The molecule has 23 heavy (non-hydrogen) atoms. The Morgan fingerprint density at radius 2 is 2.00 bits per heavy atom. The van der Waals surface area contributed by atoms with Crippen molar-refractivity contribution in [3.05, 3.63) is 52.2 Å². The minimum Gasteiger partial charge on any atom is -0.330 e. The van der Waals surface area contributed by atoms with Crippen molar-refractivity contribution in [1.29, 1.82) is 0 Å². The molecule has 0 aliphatic rings. The molecule has 2 rings (SSSR count). The summed E-state index contributed by atoms with van der Waals surface area (Å²) in [7, 11) is 0. The van der Waals surface area contributed by atoms with Crippen LogP contribution in [-0.2, 0) is 11.3 Å². The number of thiol groups is 1. The number of hydrogen-bond acceptors (Lipinski definition) is 5. The summed E-state index contributed by atoms with van der Waals surface area (Å²) in [4.78, 5) is 19.4. The van der Waals surface area contributed by atoms with Gasteiger partial charge < -0.3 is 16.0 Å². The highest BCUT2D eigenvalue weighted by atomic mass is 32.1. The molecule has 0 spiro atoms. The molecule has 0 saturated carbocycles. The maximum absolute atomic E-state index is 12.3. The molecule has 1 aromatic heterocycles. The van der Waals surface area contributed by atoms with Gasteiger partial charge in [-0.3, -0.25) is 4.79 Å². The van der Waals surface area contributed by atoms with E-state index in [4.69, 9.17) is 5.73 Å². The van der Waals surface area contributed by atoms with Gasteiger partial charge in [-0.15, -0.1) is 0 Å². The highest BCUT2D eigenvalue weighted by Gasteiger charge is 2.18. The van der Waals surface area contributed by atoms with Crippen molar-refractivity contribution >= 4 is 12.6 Å². The fraction of sp³-hybridized carbons (Fsp3) is 0.412. The molecule has 0 fully saturated rings. The van der Waals surface area contributed by atoms with Crippen LogP contribution in [0.15, 0.2) is 35.3 Å². The van der Waals surface area contributed by atoms with Crippen LogP contribution in [0, 0.1) is 0 Å². The fourth-order valence-electron chi connectivity index (χ4n) is 2.17. The molecule has 0 radical (unpaired) electrons. The van der Waals surface area contributed by atoms with E-state index in [1.54, 1.807) is 6.20 Å². The Balaban J connectivity index is 2.12. The second kappa shape index (κ2) is 7.77. The van der Waals surface area contributed by atoms with Crippen molar-refractivity contribution in [3.63, 3.8) is 0 Å². The lowest BCUT2D eigenvalue weighted by molar-refractivity contribution is 0.655. The van der Waals surface area contributed by atoms with Crippen LogP contribution in [0.2, 0.25) is 0 Å². The number of H-pyrrole nitrogens is 1. The highest BCUT2D eigenvalue weighted by molar-refractivity contribution is 7.81. The SMILES string of the molecule is CC(C)(S)c1ncc(-c2ccc(CNCCCN)cc2)c(=O)[nH]1. The zero-order chi connectivity index (χ0) is 16.9. The van der Waals surface area contributed by atoms with Gasteiger partial charge in [-0.1, -0.05) is 24.3 Å². The number of benzene rings is 1. The van der Waals surface area contributed by atoms with Crippen molar-refractivity contribution in [3.8, 4) is 11.1 Å². The Hall–Kier alpha value is -1.63. The van der Waals surface area contributed by atoms with Crippen molar-refractivity contribution in [2.24, 2.45) is 5.73 Å². The molecule has 0 aliphatic carbocycles. The van der Waals surface area contributed by atoms with E-state index in [1.165, 1.54) is 5.56 Å². The van der Waals surface area contributed by atoms with Gasteiger partial charge in [-0.05, 0) is 44.5 Å². The largest absolute Gasteiger partial charge is 0.330 e. The third-order valence-corrected chi connectivity index (χ3v) is 3.74. The van der Waals surface area contributed by atoms with Crippen molar-refractivity contribution < 1.29 is 0 Å². The first-order valence-electron chi connectivity index (χ1n) is 7.74. The van der Waals surface area contributed by atoms with E-state index in [0.29, 0.717) is 17.9 Å². The molecule has 1 heterocycles. The summed E-state index contributed by atoms with van der Waals surface area (Å²) in [6.45, 7) is 6.17. The highest BCUT2D eigenvalue weighted by Crippen LogP contribution is 2.23. The first-order valence-corrected chi connectivity index (χ1v) is 8.19. The van der Waals surface area contributed by atoms with E-state index in [0.717, 1.165) is 25.1 Å². The second-order valence-corrected chi connectivity index (χ2v) is 7.17. The minimum atomic E-state index is -0.475. The zero-order valence-electron chi connectivity index (χ0n) is 13.6. The quantitative estimate of drug-likeness (QED) is 0.462. The number of aromatic nitrogens is 2. The monoisotopic (exact) mass is 332 g/mol. The van der Waals surface area contributed by atoms with Gasteiger partial charge in [0.05, 0.1) is 10.3 Å².